The maximum absolute atomic E-state index is 13.3. The van der Waals surface area contributed by atoms with Gasteiger partial charge >= 0.3 is 0 Å². The van der Waals surface area contributed by atoms with Crippen molar-refractivity contribution in [1.82, 2.24) is 5.43 Å². The van der Waals surface area contributed by atoms with E-state index in [2.05, 4.69) is 21.4 Å². The summed E-state index contributed by atoms with van der Waals surface area (Å²) in [6.07, 6.45) is 4.88. The van der Waals surface area contributed by atoms with E-state index in [1.807, 2.05) is 0 Å². The van der Waals surface area contributed by atoms with Crippen molar-refractivity contribution in [1.29, 1.82) is 0 Å². The van der Waals surface area contributed by atoms with E-state index in [0.717, 1.165) is 29.3 Å². The van der Waals surface area contributed by atoms with E-state index in [9.17, 15) is 4.39 Å². The minimum Gasteiger partial charge on any atom is -0.378 e. The van der Waals surface area contributed by atoms with Crippen molar-refractivity contribution in [3.05, 3.63) is 34.1 Å². The summed E-state index contributed by atoms with van der Waals surface area (Å²) in [7, 11) is 1.75. The Morgan fingerprint density at radius 3 is 2.79 bits per heavy atom. The molecule has 1 saturated carbocycles. The zero-order chi connectivity index (χ0) is 13.9. The number of methoxy groups -OCH3 is 1. The number of nitrogens with one attached hydrogen (secondary N) is 1. The molecule has 0 amide bonds. The molecule has 0 heterocycles. The molecule has 1 unspecified atom stereocenters. The van der Waals surface area contributed by atoms with Crippen LogP contribution >= 0.6 is 15.9 Å². The minimum atomic E-state index is -0.223. The van der Waals surface area contributed by atoms with E-state index < -0.39 is 0 Å². The van der Waals surface area contributed by atoms with Crippen molar-refractivity contribution in [3.63, 3.8) is 0 Å². The summed E-state index contributed by atoms with van der Waals surface area (Å²) in [5.74, 6) is 5.41. The van der Waals surface area contributed by atoms with Crippen molar-refractivity contribution in [2.75, 3.05) is 7.11 Å². The third-order valence-electron chi connectivity index (χ3n) is 4.03. The molecular weight excluding hydrogens is 311 g/mol. The molecule has 5 heteroatoms. The fourth-order valence-electron chi connectivity index (χ4n) is 2.67. The maximum Gasteiger partial charge on any atom is 0.123 e. The summed E-state index contributed by atoms with van der Waals surface area (Å²) in [5.41, 5.74) is 3.71. The molecule has 1 aliphatic carbocycles. The molecule has 0 bridgehead atoms. The fourth-order valence-corrected chi connectivity index (χ4v) is 3.08. The average Bonchev–Trinajstić information content (AvgIpc) is 2.36. The van der Waals surface area contributed by atoms with Gasteiger partial charge in [0.1, 0.15) is 5.82 Å². The molecule has 0 spiro atoms. The second-order valence-corrected chi connectivity index (χ2v) is 6.10. The highest BCUT2D eigenvalue weighted by Crippen LogP contribution is 2.39. The fraction of sp³-hybridized carbons (Fsp3) is 0.571. The van der Waals surface area contributed by atoms with Gasteiger partial charge in [-0.3, -0.25) is 11.3 Å². The first-order valence-corrected chi connectivity index (χ1v) is 7.33. The Kier molecular flexibility index (Phi) is 4.95. The van der Waals surface area contributed by atoms with Crippen molar-refractivity contribution in [3.8, 4) is 0 Å². The van der Waals surface area contributed by atoms with Crippen LogP contribution in [0.15, 0.2) is 22.7 Å². The zero-order valence-corrected chi connectivity index (χ0v) is 12.7. The van der Waals surface area contributed by atoms with Gasteiger partial charge in [0.25, 0.3) is 0 Å². The third kappa shape index (κ3) is 3.54. The number of benzene rings is 1. The van der Waals surface area contributed by atoms with Gasteiger partial charge < -0.3 is 4.74 Å². The molecule has 0 aliphatic heterocycles. The van der Waals surface area contributed by atoms with Crippen LogP contribution in [-0.4, -0.2) is 18.8 Å². The van der Waals surface area contributed by atoms with Crippen molar-refractivity contribution < 1.29 is 9.13 Å². The summed E-state index contributed by atoms with van der Waals surface area (Å²) in [4.78, 5) is 0. The lowest BCUT2D eigenvalue weighted by Gasteiger charge is -2.42. The first-order valence-electron chi connectivity index (χ1n) is 6.54. The van der Waals surface area contributed by atoms with Gasteiger partial charge in [0, 0.05) is 17.6 Å². The molecule has 106 valence electrons. The van der Waals surface area contributed by atoms with Crippen LogP contribution in [0.1, 0.15) is 31.2 Å². The van der Waals surface area contributed by atoms with E-state index in [1.54, 1.807) is 19.2 Å². The van der Waals surface area contributed by atoms with E-state index in [0.29, 0.717) is 6.42 Å². The summed E-state index contributed by atoms with van der Waals surface area (Å²) < 4.78 is 19.8. The molecule has 0 aromatic heterocycles. The van der Waals surface area contributed by atoms with Crippen LogP contribution in [0, 0.1) is 5.82 Å². The van der Waals surface area contributed by atoms with Gasteiger partial charge in [-0.15, -0.1) is 0 Å². The Hall–Kier alpha value is -0.490. The number of ether oxygens (including phenoxy) is 1. The normalized spacial score (nSPS) is 18.9. The Bertz CT molecular complexity index is 432. The molecular formula is C14H20BrFN2O. The third-order valence-corrected chi connectivity index (χ3v) is 4.80. The molecule has 3 nitrogen and oxygen atoms in total. The van der Waals surface area contributed by atoms with Gasteiger partial charge in [0.05, 0.1) is 5.60 Å². The van der Waals surface area contributed by atoms with Crippen LogP contribution in [-0.2, 0) is 11.2 Å². The summed E-state index contributed by atoms with van der Waals surface area (Å²) in [5, 5.41) is 0. The monoisotopic (exact) mass is 330 g/mol. The van der Waals surface area contributed by atoms with Crippen LogP contribution in [0.2, 0.25) is 0 Å². The predicted molar refractivity (Wildman–Crippen MR) is 77.1 cm³/mol. The minimum absolute atomic E-state index is 0.0448. The highest BCUT2D eigenvalue weighted by molar-refractivity contribution is 9.10. The van der Waals surface area contributed by atoms with E-state index >= 15 is 0 Å². The first kappa shape index (κ1) is 14.9. The van der Waals surface area contributed by atoms with Crippen molar-refractivity contribution in [2.24, 2.45) is 5.84 Å². The second kappa shape index (κ2) is 6.31. The van der Waals surface area contributed by atoms with Crippen LogP contribution in [0.3, 0.4) is 0 Å². The SMILES string of the molecule is COC1(CC(Cc2cc(F)ccc2Br)NN)CCC1. The Labute approximate surface area is 121 Å². The highest BCUT2D eigenvalue weighted by Gasteiger charge is 2.38. The molecule has 2 rings (SSSR count). The molecule has 1 aromatic carbocycles. The van der Waals surface area contributed by atoms with Gasteiger partial charge in [-0.05, 0) is 55.9 Å². The van der Waals surface area contributed by atoms with Gasteiger partial charge in [0.15, 0.2) is 0 Å². The maximum atomic E-state index is 13.3. The van der Waals surface area contributed by atoms with E-state index in [-0.39, 0.29) is 17.5 Å². The smallest absolute Gasteiger partial charge is 0.123 e. The van der Waals surface area contributed by atoms with Crippen LogP contribution in [0.25, 0.3) is 0 Å². The largest absolute Gasteiger partial charge is 0.378 e. The number of nitrogens with two attached hydrogens (primary N) is 1. The van der Waals surface area contributed by atoms with Gasteiger partial charge in [-0.1, -0.05) is 15.9 Å². The molecule has 3 N–H and O–H groups in total. The number of halogens is 2. The van der Waals surface area contributed by atoms with Crippen LogP contribution < -0.4 is 11.3 Å². The topological polar surface area (TPSA) is 47.3 Å². The van der Waals surface area contributed by atoms with Crippen LogP contribution in [0.4, 0.5) is 4.39 Å². The average molecular weight is 331 g/mol. The lowest BCUT2D eigenvalue weighted by atomic mass is 9.75. The highest BCUT2D eigenvalue weighted by atomic mass is 79.9. The molecule has 19 heavy (non-hydrogen) atoms. The van der Waals surface area contributed by atoms with Gasteiger partial charge in [-0.2, -0.15) is 0 Å². The van der Waals surface area contributed by atoms with Crippen molar-refractivity contribution in [2.45, 2.75) is 43.7 Å². The molecule has 0 radical (unpaired) electrons. The number of hydrazine groups is 1. The lowest BCUT2D eigenvalue weighted by molar-refractivity contribution is -0.0834. The van der Waals surface area contributed by atoms with Crippen molar-refractivity contribution >= 4 is 15.9 Å². The van der Waals surface area contributed by atoms with Crippen LogP contribution in [0.5, 0.6) is 0 Å². The molecule has 1 aromatic rings. The molecule has 1 atom stereocenters. The van der Waals surface area contributed by atoms with E-state index in [4.69, 9.17) is 10.6 Å². The summed E-state index contributed by atoms with van der Waals surface area (Å²) >= 11 is 3.45. The zero-order valence-electron chi connectivity index (χ0n) is 11.1. The summed E-state index contributed by atoms with van der Waals surface area (Å²) in [6.45, 7) is 0. The van der Waals surface area contributed by atoms with Gasteiger partial charge in [0.2, 0.25) is 0 Å². The Balaban J connectivity index is 2.04. The standard InChI is InChI=1S/C14H20BrFN2O/c1-19-14(5-2-6-14)9-12(18-17)8-10-7-11(16)3-4-13(10)15/h3-4,7,12,18H,2,5-6,8-9,17H2,1H3. The first-order chi connectivity index (χ1) is 9.08. The number of hydrogen-bond donors (Lipinski definition) is 2. The number of rotatable bonds is 6. The second-order valence-electron chi connectivity index (χ2n) is 5.25. The predicted octanol–water partition coefficient (Wildman–Crippen LogP) is 2.92. The van der Waals surface area contributed by atoms with E-state index in [1.165, 1.54) is 12.5 Å². The molecule has 1 aliphatic rings. The number of hydrogen-bond acceptors (Lipinski definition) is 3. The quantitative estimate of drug-likeness (QED) is 0.622. The Morgan fingerprint density at radius 2 is 2.26 bits per heavy atom. The Morgan fingerprint density at radius 1 is 1.53 bits per heavy atom. The summed E-state index contributed by atoms with van der Waals surface area (Å²) in [6, 6.07) is 4.81. The van der Waals surface area contributed by atoms with Gasteiger partial charge in [-0.25, -0.2) is 4.39 Å². The lowest BCUT2D eigenvalue weighted by Crippen LogP contribution is -2.48. The molecule has 1 fully saturated rings. The molecule has 0 saturated heterocycles.